The van der Waals surface area contributed by atoms with Crippen LogP contribution in [0.4, 0.5) is 10.6 Å². The van der Waals surface area contributed by atoms with Crippen molar-refractivity contribution < 1.29 is 9.90 Å². The van der Waals surface area contributed by atoms with Crippen molar-refractivity contribution in [2.75, 3.05) is 5.32 Å². The lowest BCUT2D eigenvalue weighted by Crippen LogP contribution is -2.27. The van der Waals surface area contributed by atoms with E-state index in [2.05, 4.69) is 10.4 Å². The van der Waals surface area contributed by atoms with Gasteiger partial charge in [-0.25, -0.2) is 9.48 Å². The van der Waals surface area contributed by atoms with Gasteiger partial charge in [-0.1, -0.05) is 29.8 Å². The Morgan fingerprint density at radius 1 is 1.38 bits per heavy atom. The molecule has 1 aromatic heterocycles. The normalized spacial score (nSPS) is 20.9. The van der Waals surface area contributed by atoms with Crippen LogP contribution in [0.25, 0.3) is 5.69 Å². The SMILES string of the molecule is NC(=O)Nc1c(Cl)c([C@H]2C[C@H](O)C2)nn1-c1ccccc1. The predicted molar refractivity (Wildman–Crippen MR) is 79.8 cm³/mol. The number of aliphatic hydroxyl groups is 1. The quantitative estimate of drug-likeness (QED) is 0.812. The van der Waals surface area contributed by atoms with Gasteiger partial charge in [-0.2, -0.15) is 5.10 Å². The molecule has 7 heteroatoms. The molecule has 1 aromatic carbocycles. The van der Waals surface area contributed by atoms with Crippen LogP contribution in [-0.4, -0.2) is 27.0 Å². The maximum atomic E-state index is 11.2. The van der Waals surface area contributed by atoms with E-state index in [0.717, 1.165) is 5.69 Å². The number of rotatable bonds is 3. The number of halogens is 1. The average Bonchev–Trinajstić information content (AvgIpc) is 2.73. The van der Waals surface area contributed by atoms with Crippen molar-refractivity contribution in [1.29, 1.82) is 0 Å². The van der Waals surface area contributed by atoms with Gasteiger partial charge in [-0.3, -0.25) is 5.32 Å². The maximum absolute atomic E-state index is 11.2. The molecule has 3 rings (SSSR count). The van der Waals surface area contributed by atoms with Crippen LogP contribution in [0.2, 0.25) is 5.02 Å². The first-order chi connectivity index (χ1) is 10.1. The molecule has 1 aliphatic rings. The first kappa shape index (κ1) is 13.9. The molecule has 0 saturated heterocycles. The molecule has 0 unspecified atom stereocenters. The molecule has 2 aromatic rings. The summed E-state index contributed by atoms with van der Waals surface area (Å²) in [6.45, 7) is 0. The first-order valence-corrected chi connectivity index (χ1v) is 7.02. The lowest BCUT2D eigenvalue weighted by Gasteiger charge is -2.29. The number of carbonyl (C=O) groups is 1. The minimum absolute atomic E-state index is 0.103. The molecule has 110 valence electrons. The summed E-state index contributed by atoms with van der Waals surface area (Å²) in [5.74, 6) is 0.456. The number of urea groups is 1. The summed E-state index contributed by atoms with van der Waals surface area (Å²) in [7, 11) is 0. The molecule has 0 atom stereocenters. The molecule has 6 nitrogen and oxygen atoms in total. The van der Waals surface area contributed by atoms with Gasteiger partial charge in [0.2, 0.25) is 0 Å². The molecule has 0 spiro atoms. The molecule has 1 fully saturated rings. The molecule has 2 amide bonds. The summed E-state index contributed by atoms with van der Waals surface area (Å²) in [4.78, 5) is 11.2. The molecule has 1 heterocycles. The molecule has 0 aliphatic heterocycles. The Morgan fingerprint density at radius 2 is 2.05 bits per heavy atom. The largest absolute Gasteiger partial charge is 0.393 e. The fourth-order valence-electron chi connectivity index (χ4n) is 2.47. The Hall–Kier alpha value is -2.05. The van der Waals surface area contributed by atoms with E-state index in [1.165, 1.54) is 0 Å². The van der Waals surface area contributed by atoms with Gasteiger partial charge in [0, 0.05) is 5.92 Å². The third-order valence-electron chi connectivity index (χ3n) is 3.59. The number of primary amides is 1. The molecule has 1 aliphatic carbocycles. The topological polar surface area (TPSA) is 93.2 Å². The van der Waals surface area contributed by atoms with Crippen LogP contribution in [0.3, 0.4) is 0 Å². The van der Waals surface area contributed by atoms with Gasteiger partial charge in [-0.15, -0.1) is 0 Å². The summed E-state index contributed by atoms with van der Waals surface area (Å²) in [5.41, 5.74) is 6.65. The van der Waals surface area contributed by atoms with Crippen LogP contribution in [0.1, 0.15) is 24.5 Å². The monoisotopic (exact) mass is 306 g/mol. The summed E-state index contributed by atoms with van der Waals surface area (Å²) >= 11 is 6.34. The fourth-order valence-corrected chi connectivity index (χ4v) is 2.79. The van der Waals surface area contributed by atoms with E-state index in [0.29, 0.717) is 29.4 Å². The molecule has 0 radical (unpaired) electrons. The third-order valence-corrected chi connectivity index (χ3v) is 3.97. The molecular weight excluding hydrogens is 292 g/mol. The predicted octanol–water partition coefficient (Wildman–Crippen LogP) is 2.25. The second-order valence-electron chi connectivity index (χ2n) is 5.11. The van der Waals surface area contributed by atoms with Crippen LogP contribution in [0, 0.1) is 0 Å². The van der Waals surface area contributed by atoms with E-state index in [4.69, 9.17) is 17.3 Å². The zero-order valence-electron chi connectivity index (χ0n) is 11.2. The molecule has 4 N–H and O–H groups in total. The molecular formula is C14H15ClN4O2. The number of hydrogen-bond donors (Lipinski definition) is 3. The Kier molecular flexibility index (Phi) is 3.57. The number of para-hydroxylation sites is 1. The van der Waals surface area contributed by atoms with Crippen molar-refractivity contribution in [1.82, 2.24) is 9.78 Å². The number of hydrogen-bond acceptors (Lipinski definition) is 3. The average molecular weight is 307 g/mol. The molecule has 21 heavy (non-hydrogen) atoms. The Morgan fingerprint density at radius 3 is 2.62 bits per heavy atom. The second-order valence-corrected chi connectivity index (χ2v) is 5.48. The number of aromatic nitrogens is 2. The van der Waals surface area contributed by atoms with E-state index in [-0.39, 0.29) is 12.0 Å². The summed E-state index contributed by atoms with van der Waals surface area (Å²) in [5, 5.41) is 16.8. The van der Waals surface area contributed by atoms with Gasteiger partial charge in [0.1, 0.15) is 5.02 Å². The third kappa shape index (κ3) is 2.59. The van der Waals surface area contributed by atoms with E-state index in [1.54, 1.807) is 4.68 Å². The van der Waals surface area contributed by atoms with Crippen molar-refractivity contribution >= 4 is 23.4 Å². The van der Waals surface area contributed by atoms with Crippen molar-refractivity contribution in [3.05, 3.63) is 41.0 Å². The number of nitrogens with two attached hydrogens (primary N) is 1. The highest BCUT2D eigenvalue weighted by molar-refractivity contribution is 6.34. The highest BCUT2D eigenvalue weighted by Gasteiger charge is 2.34. The lowest BCUT2D eigenvalue weighted by atomic mass is 9.80. The standard InChI is InChI=1S/C14H15ClN4O2/c15-11-12(8-6-10(20)7-8)18-19(13(11)17-14(16)21)9-4-2-1-3-5-9/h1-5,8,10,20H,6-7H2,(H3,16,17,21)/t8-,10-. The van der Waals surface area contributed by atoms with Gasteiger partial charge in [0.05, 0.1) is 17.5 Å². The van der Waals surface area contributed by atoms with Crippen molar-refractivity contribution in [3.63, 3.8) is 0 Å². The lowest BCUT2D eigenvalue weighted by molar-refractivity contribution is 0.0731. The summed E-state index contributed by atoms with van der Waals surface area (Å²) in [6, 6.07) is 8.63. The van der Waals surface area contributed by atoms with Crippen LogP contribution in [0.5, 0.6) is 0 Å². The van der Waals surface area contributed by atoms with Crippen LogP contribution >= 0.6 is 11.6 Å². The minimum Gasteiger partial charge on any atom is -0.393 e. The number of carbonyl (C=O) groups excluding carboxylic acids is 1. The van der Waals surface area contributed by atoms with E-state index in [1.807, 2.05) is 30.3 Å². The highest BCUT2D eigenvalue weighted by Crippen LogP contribution is 2.42. The van der Waals surface area contributed by atoms with Gasteiger partial charge in [0.15, 0.2) is 5.82 Å². The number of amides is 2. The smallest absolute Gasteiger partial charge is 0.317 e. The van der Waals surface area contributed by atoms with Crippen LogP contribution < -0.4 is 11.1 Å². The van der Waals surface area contributed by atoms with Gasteiger partial charge < -0.3 is 10.8 Å². The number of nitrogens with one attached hydrogen (secondary N) is 1. The zero-order chi connectivity index (χ0) is 15.0. The number of nitrogens with zero attached hydrogens (tertiary/aromatic N) is 2. The van der Waals surface area contributed by atoms with Crippen LogP contribution in [0.15, 0.2) is 30.3 Å². The Bertz CT molecular complexity index is 665. The Balaban J connectivity index is 2.05. The zero-order valence-corrected chi connectivity index (χ0v) is 11.9. The van der Waals surface area contributed by atoms with E-state index in [9.17, 15) is 9.90 Å². The molecule has 1 saturated carbocycles. The van der Waals surface area contributed by atoms with Crippen molar-refractivity contribution in [2.24, 2.45) is 5.73 Å². The highest BCUT2D eigenvalue weighted by atomic mass is 35.5. The number of anilines is 1. The summed E-state index contributed by atoms with van der Waals surface area (Å²) in [6.07, 6.45) is 0.948. The van der Waals surface area contributed by atoms with E-state index < -0.39 is 6.03 Å². The fraction of sp³-hybridized carbons (Fsp3) is 0.286. The van der Waals surface area contributed by atoms with Crippen molar-refractivity contribution in [3.8, 4) is 5.69 Å². The second kappa shape index (κ2) is 5.38. The maximum Gasteiger partial charge on any atom is 0.317 e. The Labute approximate surface area is 126 Å². The minimum atomic E-state index is -0.700. The van der Waals surface area contributed by atoms with Gasteiger partial charge >= 0.3 is 6.03 Å². The molecule has 0 bridgehead atoms. The van der Waals surface area contributed by atoms with Crippen LogP contribution in [-0.2, 0) is 0 Å². The van der Waals surface area contributed by atoms with E-state index >= 15 is 0 Å². The summed E-state index contributed by atoms with van der Waals surface area (Å²) < 4.78 is 1.56. The number of aliphatic hydroxyl groups excluding tert-OH is 1. The van der Waals surface area contributed by atoms with Gasteiger partial charge in [0.25, 0.3) is 0 Å². The first-order valence-electron chi connectivity index (χ1n) is 6.64. The number of benzene rings is 1. The van der Waals surface area contributed by atoms with Gasteiger partial charge in [-0.05, 0) is 25.0 Å². The van der Waals surface area contributed by atoms with Crippen molar-refractivity contribution in [2.45, 2.75) is 24.9 Å².